The minimum absolute atomic E-state index is 0.0611. The Bertz CT molecular complexity index is 841. The van der Waals surface area contributed by atoms with E-state index in [1.165, 1.54) is 32.6 Å². The maximum Gasteiger partial charge on any atom is 0.338 e. The number of nitrogens with zero attached hydrogens (tertiary/aromatic N) is 2. The molecule has 0 aromatic carbocycles. The van der Waals surface area contributed by atoms with E-state index in [2.05, 4.69) is 18.8 Å². The summed E-state index contributed by atoms with van der Waals surface area (Å²) >= 11 is 0. The largest absolute Gasteiger partial charge is 0.478 e. The number of aryl methyl sites for hydroxylation is 1. The first-order valence-electron chi connectivity index (χ1n) is 10.8. The van der Waals surface area contributed by atoms with Gasteiger partial charge in [-0.15, -0.1) is 0 Å². The first kappa shape index (κ1) is 22.9. The van der Waals surface area contributed by atoms with Gasteiger partial charge in [-0.05, 0) is 37.3 Å². The molecule has 0 saturated carbocycles. The highest BCUT2D eigenvalue weighted by Gasteiger charge is 2.27. The minimum atomic E-state index is -1.00. The normalized spacial score (nSPS) is 12.3. The molecule has 0 bridgehead atoms. The molecule has 6 nitrogen and oxygen atoms in total. The number of aromatic nitrogens is 2. The zero-order valence-corrected chi connectivity index (χ0v) is 18.2. The molecule has 2 rings (SSSR count). The minimum Gasteiger partial charge on any atom is -0.478 e. The van der Waals surface area contributed by atoms with Crippen LogP contribution in [0.3, 0.4) is 0 Å². The summed E-state index contributed by atoms with van der Waals surface area (Å²) in [5.41, 5.74) is 2.43. The fourth-order valence-electron chi connectivity index (χ4n) is 4.14. The molecule has 0 aliphatic carbocycles. The molecule has 1 N–H and O–H groups in total. The zero-order valence-electron chi connectivity index (χ0n) is 18.2. The van der Waals surface area contributed by atoms with Gasteiger partial charge in [0.1, 0.15) is 12.3 Å². The highest BCUT2D eigenvalue weighted by Crippen LogP contribution is 2.36. The molecule has 0 aliphatic heterocycles. The quantitative estimate of drug-likeness (QED) is 0.365. The summed E-state index contributed by atoms with van der Waals surface area (Å²) in [6, 6.07) is 1.96. The Labute approximate surface area is 173 Å². The molecule has 1 atom stereocenters. The fourth-order valence-corrected chi connectivity index (χ4v) is 4.14. The van der Waals surface area contributed by atoms with Crippen LogP contribution in [0, 0.1) is 0 Å². The van der Waals surface area contributed by atoms with Crippen molar-refractivity contribution in [3.05, 3.63) is 29.1 Å². The number of carbonyl (C=O) groups is 2. The number of carboxylic acids is 1. The van der Waals surface area contributed by atoms with Gasteiger partial charge in [0.15, 0.2) is 0 Å². The number of carbonyl (C=O) groups excluding carboxylic acids is 1. The maximum atomic E-state index is 12.2. The van der Waals surface area contributed by atoms with Crippen LogP contribution in [0.5, 0.6) is 0 Å². The monoisotopic (exact) mass is 402 g/mol. The number of pyridine rings is 1. The van der Waals surface area contributed by atoms with Crippen LogP contribution < -0.4 is 0 Å². The second-order valence-corrected chi connectivity index (χ2v) is 7.56. The van der Waals surface area contributed by atoms with Crippen LogP contribution in [0.2, 0.25) is 0 Å². The molecule has 0 saturated heterocycles. The SMILES string of the molecule is CCCCCCCC(CC)c1ccnc2c1c(C(=O)O)c(COC(C)=O)n2CC. The number of aromatic carboxylic acids is 1. The van der Waals surface area contributed by atoms with Gasteiger partial charge in [-0.3, -0.25) is 4.79 Å². The van der Waals surface area contributed by atoms with E-state index in [0.29, 0.717) is 23.3 Å². The second-order valence-electron chi connectivity index (χ2n) is 7.56. The number of fused-ring (bicyclic) bond motifs is 1. The van der Waals surface area contributed by atoms with E-state index in [-0.39, 0.29) is 18.1 Å². The number of hydrogen-bond acceptors (Lipinski definition) is 4. The lowest BCUT2D eigenvalue weighted by Crippen LogP contribution is -2.10. The molecule has 0 radical (unpaired) electrons. The van der Waals surface area contributed by atoms with E-state index >= 15 is 0 Å². The molecule has 6 heteroatoms. The lowest BCUT2D eigenvalue weighted by Gasteiger charge is -2.17. The predicted octanol–water partition coefficient (Wildman–Crippen LogP) is 5.67. The van der Waals surface area contributed by atoms with Crippen LogP contribution in [0.15, 0.2) is 12.3 Å². The van der Waals surface area contributed by atoms with Crippen LogP contribution in [-0.2, 0) is 22.7 Å². The molecule has 0 aliphatic rings. The number of rotatable bonds is 12. The van der Waals surface area contributed by atoms with Gasteiger partial charge in [0.2, 0.25) is 0 Å². The molecule has 0 amide bonds. The topological polar surface area (TPSA) is 81.4 Å². The molecular formula is C23H34N2O4. The number of ether oxygens (including phenoxy) is 1. The van der Waals surface area contributed by atoms with Crippen LogP contribution >= 0.6 is 0 Å². The Morgan fingerprint density at radius 2 is 1.90 bits per heavy atom. The van der Waals surface area contributed by atoms with Crippen molar-refractivity contribution in [2.24, 2.45) is 0 Å². The van der Waals surface area contributed by atoms with Crippen LogP contribution in [0.25, 0.3) is 11.0 Å². The van der Waals surface area contributed by atoms with E-state index in [0.717, 1.165) is 24.8 Å². The van der Waals surface area contributed by atoms with Gasteiger partial charge in [-0.1, -0.05) is 46.0 Å². The van der Waals surface area contributed by atoms with Crippen molar-refractivity contribution in [3.8, 4) is 0 Å². The van der Waals surface area contributed by atoms with Crippen molar-refractivity contribution in [1.82, 2.24) is 9.55 Å². The summed E-state index contributed by atoms with van der Waals surface area (Å²) in [4.78, 5) is 28.1. The van der Waals surface area contributed by atoms with Crippen molar-refractivity contribution in [3.63, 3.8) is 0 Å². The third-order valence-electron chi connectivity index (χ3n) is 5.61. The van der Waals surface area contributed by atoms with Crippen LogP contribution in [0.4, 0.5) is 0 Å². The molecule has 0 fully saturated rings. The molecule has 2 aromatic heterocycles. The summed E-state index contributed by atoms with van der Waals surface area (Å²) in [6.45, 7) is 8.14. The van der Waals surface area contributed by atoms with Crippen LogP contribution in [0.1, 0.15) is 100 Å². The third-order valence-corrected chi connectivity index (χ3v) is 5.61. The van der Waals surface area contributed by atoms with Gasteiger partial charge in [0, 0.05) is 25.1 Å². The van der Waals surface area contributed by atoms with E-state index in [4.69, 9.17) is 4.74 Å². The van der Waals surface area contributed by atoms with E-state index in [9.17, 15) is 14.7 Å². The number of unbranched alkanes of at least 4 members (excludes halogenated alkanes) is 4. The van der Waals surface area contributed by atoms with E-state index in [1.54, 1.807) is 6.20 Å². The van der Waals surface area contributed by atoms with Crippen LogP contribution in [-0.4, -0.2) is 26.6 Å². The Hall–Kier alpha value is -2.37. The second kappa shape index (κ2) is 11.0. The number of esters is 1. The molecular weight excluding hydrogens is 368 g/mol. The summed E-state index contributed by atoms with van der Waals surface area (Å²) in [6.07, 6.45) is 9.83. The van der Waals surface area contributed by atoms with Gasteiger partial charge >= 0.3 is 11.9 Å². The van der Waals surface area contributed by atoms with E-state index in [1.807, 2.05) is 17.6 Å². The van der Waals surface area contributed by atoms with Gasteiger partial charge in [0.05, 0.1) is 11.3 Å². The maximum absolute atomic E-state index is 12.2. The fraction of sp³-hybridized carbons (Fsp3) is 0.609. The first-order chi connectivity index (χ1) is 14.0. The predicted molar refractivity (Wildman–Crippen MR) is 114 cm³/mol. The highest BCUT2D eigenvalue weighted by atomic mass is 16.5. The summed E-state index contributed by atoms with van der Waals surface area (Å²) in [5.74, 6) is -1.15. The first-order valence-corrected chi connectivity index (χ1v) is 10.8. The van der Waals surface area contributed by atoms with Gasteiger partial charge < -0.3 is 14.4 Å². The summed E-state index contributed by atoms with van der Waals surface area (Å²) in [5, 5.41) is 10.7. The van der Waals surface area contributed by atoms with Crippen molar-refractivity contribution < 1.29 is 19.4 Å². The lowest BCUT2D eigenvalue weighted by atomic mass is 9.88. The Balaban J connectivity index is 2.50. The smallest absolute Gasteiger partial charge is 0.338 e. The Morgan fingerprint density at radius 3 is 2.48 bits per heavy atom. The number of carboxylic acid groups (broad SMARTS) is 1. The summed E-state index contributed by atoms with van der Waals surface area (Å²) in [7, 11) is 0. The van der Waals surface area contributed by atoms with Crippen molar-refractivity contribution in [1.29, 1.82) is 0 Å². The molecule has 2 heterocycles. The zero-order chi connectivity index (χ0) is 21.4. The van der Waals surface area contributed by atoms with Crippen molar-refractivity contribution >= 4 is 23.0 Å². The molecule has 1 unspecified atom stereocenters. The average Bonchev–Trinajstić information content (AvgIpc) is 3.03. The molecule has 160 valence electrons. The van der Waals surface area contributed by atoms with Gasteiger partial charge in [0.25, 0.3) is 0 Å². The molecule has 2 aromatic rings. The number of hydrogen-bond donors (Lipinski definition) is 1. The Kier molecular flexibility index (Phi) is 8.68. The highest BCUT2D eigenvalue weighted by molar-refractivity contribution is 6.05. The van der Waals surface area contributed by atoms with E-state index < -0.39 is 11.9 Å². The van der Waals surface area contributed by atoms with Gasteiger partial charge in [-0.2, -0.15) is 0 Å². The molecule has 29 heavy (non-hydrogen) atoms. The van der Waals surface area contributed by atoms with Crippen molar-refractivity contribution in [2.45, 2.75) is 91.7 Å². The van der Waals surface area contributed by atoms with Crippen molar-refractivity contribution in [2.75, 3.05) is 0 Å². The van der Waals surface area contributed by atoms with Gasteiger partial charge in [-0.25, -0.2) is 9.78 Å². The summed E-state index contributed by atoms with van der Waals surface area (Å²) < 4.78 is 7.03. The Morgan fingerprint density at radius 1 is 1.17 bits per heavy atom. The average molecular weight is 403 g/mol. The lowest BCUT2D eigenvalue weighted by molar-refractivity contribution is -0.142. The standard InChI is InChI=1S/C23H34N2O4/c1-5-8-9-10-11-12-17(6-2)18-13-14-24-22-20(18)21(23(27)28)19(25(22)7-3)15-29-16(4)26/h13-14,17H,5-12,15H2,1-4H3,(H,27,28). The molecule has 0 spiro atoms. The third kappa shape index (κ3) is 5.37.